The van der Waals surface area contributed by atoms with Gasteiger partial charge in [0.2, 0.25) is 0 Å². The van der Waals surface area contributed by atoms with Crippen LogP contribution in [0.2, 0.25) is 0 Å². The Morgan fingerprint density at radius 1 is 0.356 bits per heavy atom. The molecule has 0 amide bonds. The number of hydrogen-bond donors (Lipinski definition) is 0. The van der Waals surface area contributed by atoms with E-state index in [1.165, 1.54) is 130 Å². The van der Waals surface area contributed by atoms with Crippen LogP contribution < -0.4 is 4.90 Å². The highest BCUT2D eigenvalue weighted by molar-refractivity contribution is 7.27. The number of para-hydroxylation sites is 2. The van der Waals surface area contributed by atoms with Crippen molar-refractivity contribution in [2.45, 2.75) is 12.3 Å². The fraction of sp³-hybridized carbons (Fsp3) is 0.0286. The maximum absolute atomic E-state index is 2.55. The maximum Gasteiger partial charge on any atom is 0.0726 e. The van der Waals surface area contributed by atoms with Gasteiger partial charge in [-0.15, -0.1) is 11.3 Å². The van der Waals surface area contributed by atoms with E-state index in [1.807, 2.05) is 11.3 Å². The molecular formula is C70H44N2S. The highest BCUT2D eigenvalue weighted by Crippen LogP contribution is 2.63. The largest absolute Gasteiger partial charge is 0.309 e. The van der Waals surface area contributed by atoms with Crippen LogP contribution >= 0.6 is 11.3 Å². The fourth-order valence-corrected chi connectivity index (χ4v) is 14.6. The monoisotopic (exact) mass is 944 g/mol. The summed E-state index contributed by atoms with van der Waals surface area (Å²) in [7, 11) is 0. The molecule has 16 rings (SSSR count). The third kappa shape index (κ3) is 5.57. The van der Waals surface area contributed by atoms with Crippen LogP contribution in [0.25, 0.3) is 103 Å². The molecule has 0 saturated heterocycles. The molecule has 0 unspecified atom stereocenters. The van der Waals surface area contributed by atoms with Crippen LogP contribution in [0.3, 0.4) is 0 Å². The average molecular weight is 945 g/mol. The van der Waals surface area contributed by atoms with Gasteiger partial charge < -0.3 is 9.47 Å². The standard InChI is InChI=1S/C70H44N2S/c1-43-18-17-21-47(38-43)72-64-33-16-12-27-55(64)58-39-44(34-37-65(58)72)45-40-59-67-56-28-7-5-22-49(56)50-23-6-8-29-57(50)69(67)73-68(59)66(41-45)71(46-19-3-2-4-20-46)48-35-36-54-53-26-11-15-32-62(53)70(63(54)42-48)60-30-13-9-24-51(60)52-25-10-14-31-61(52)70/h2-42H,1H3. The van der Waals surface area contributed by atoms with Crippen LogP contribution in [-0.2, 0) is 5.41 Å². The van der Waals surface area contributed by atoms with Gasteiger partial charge in [-0.25, -0.2) is 0 Å². The molecule has 0 N–H and O–H groups in total. The lowest BCUT2D eigenvalue weighted by molar-refractivity contribution is 0.793. The Hall–Kier alpha value is -9.02. The summed E-state index contributed by atoms with van der Waals surface area (Å²) in [5, 5.41) is 10.2. The molecule has 0 atom stereocenters. The summed E-state index contributed by atoms with van der Waals surface area (Å²) in [6.45, 7) is 2.18. The van der Waals surface area contributed by atoms with Crippen molar-refractivity contribution in [3.05, 3.63) is 277 Å². The number of anilines is 3. The summed E-state index contributed by atoms with van der Waals surface area (Å²) in [6, 6.07) is 93.6. The van der Waals surface area contributed by atoms with Gasteiger partial charge in [0.15, 0.2) is 0 Å². The molecule has 2 nitrogen and oxygen atoms in total. The van der Waals surface area contributed by atoms with Crippen molar-refractivity contribution in [2.75, 3.05) is 4.90 Å². The van der Waals surface area contributed by atoms with Crippen LogP contribution in [0.5, 0.6) is 0 Å². The van der Waals surface area contributed by atoms with Crippen LogP contribution in [0.1, 0.15) is 27.8 Å². The summed E-state index contributed by atoms with van der Waals surface area (Å²) < 4.78 is 5.00. The summed E-state index contributed by atoms with van der Waals surface area (Å²) in [5.74, 6) is 0. The first-order chi connectivity index (χ1) is 36.1. The highest BCUT2D eigenvalue weighted by atomic mass is 32.1. The first-order valence-corrected chi connectivity index (χ1v) is 26.1. The van der Waals surface area contributed by atoms with E-state index >= 15 is 0 Å². The number of thiophene rings is 1. The lowest BCUT2D eigenvalue weighted by atomic mass is 9.70. The highest BCUT2D eigenvalue weighted by Gasteiger charge is 2.51. The molecule has 12 aromatic carbocycles. The van der Waals surface area contributed by atoms with Gasteiger partial charge in [0.1, 0.15) is 0 Å². The van der Waals surface area contributed by atoms with Crippen molar-refractivity contribution < 1.29 is 0 Å². The molecule has 1 spiro atoms. The summed E-state index contributed by atoms with van der Waals surface area (Å²) in [4.78, 5) is 2.55. The third-order valence-corrected chi connectivity index (χ3v) is 17.4. The molecule has 0 fully saturated rings. The van der Waals surface area contributed by atoms with E-state index in [4.69, 9.17) is 0 Å². The van der Waals surface area contributed by atoms with E-state index in [2.05, 4.69) is 265 Å². The number of fused-ring (bicyclic) bond motifs is 21. The lowest BCUT2D eigenvalue weighted by Crippen LogP contribution is -2.26. The average Bonchev–Trinajstić information content (AvgIpc) is 4.25. The normalized spacial score (nSPS) is 13.1. The predicted octanol–water partition coefficient (Wildman–Crippen LogP) is 19.2. The van der Waals surface area contributed by atoms with Crippen LogP contribution in [0, 0.1) is 6.92 Å². The number of nitrogens with zero attached hydrogens (tertiary/aromatic N) is 2. The van der Waals surface area contributed by atoms with Gasteiger partial charge in [-0.3, -0.25) is 0 Å². The molecule has 3 heteroatoms. The minimum Gasteiger partial charge on any atom is -0.309 e. The summed E-state index contributed by atoms with van der Waals surface area (Å²) in [6.07, 6.45) is 0. The SMILES string of the molecule is Cc1cccc(-n2c3ccccc3c3cc(-c4cc(N(c5ccccc5)c5ccc6c(c5)C5(c7ccccc7-c7ccccc75)c5ccccc5-6)c5sc6c7ccccc7c7ccccc7c6c5c4)ccc32)c1. The Balaban J connectivity index is 1.01. The second-order valence-corrected chi connectivity index (χ2v) is 21.0. The molecule has 2 heterocycles. The number of rotatable bonds is 5. The minimum atomic E-state index is -0.475. The van der Waals surface area contributed by atoms with Crippen molar-refractivity contribution in [2.24, 2.45) is 0 Å². The van der Waals surface area contributed by atoms with Gasteiger partial charge in [-0.2, -0.15) is 0 Å². The zero-order valence-electron chi connectivity index (χ0n) is 40.0. The first-order valence-electron chi connectivity index (χ1n) is 25.3. The van der Waals surface area contributed by atoms with Crippen LogP contribution in [0.15, 0.2) is 249 Å². The van der Waals surface area contributed by atoms with Gasteiger partial charge >= 0.3 is 0 Å². The Morgan fingerprint density at radius 3 is 1.64 bits per heavy atom. The predicted molar refractivity (Wildman–Crippen MR) is 310 cm³/mol. The molecule has 0 radical (unpaired) electrons. The minimum absolute atomic E-state index is 0.475. The number of aryl methyl sites for hydroxylation is 1. The molecule has 0 aliphatic heterocycles. The second kappa shape index (κ2) is 15.2. The third-order valence-electron chi connectivity index (χ3n) is 16.2. The lowest BCUT2D eigenvalue weighted by Gasteiger charge is -2.32. The molecule has 340 valence electrons. The first kappa shape index (κ1) is 40.7. The van der Waals surface area contributed by atoms with Crippen molar-refractivity contribution in [3.63, 3.8) is 0 Å². The van der Waals surface area contributed by atoms with E-state index in [9.17, 15) is 0 Å². The van der Waals surface area contributed by atoms with Gasteiger partial charge in [-0.1, -0.05) is 182 Å². The van der Waals surface area contributed by atoms with E-state index in [-0.39, 0.29) is 0 Å². The fourth-order valence-electron chi connectivity index (χ4n) is 13.2. The molecule has 73 heavy (non-hydrogen) atoms. The number of aromatic nitrogens is 1. The molecule has 2 aliphatic rings. The second-order valence-electron chi connectivity index (χ2n) is 20.0. The molecular weight excluding hydrogens is 901 g/mol. The Kier molecular flexibility index (Phi) is 8.50. The molecule has 0 bridgehead atoms. The quantitative estimate of drug-likeness (QED) is 0.156. The Morgan fingerprint density at radius 2 is 0.932 bits per heavy atom. The number of hydrogen-bond acceptors (Lipinski definition) is 2. The van der Waals surface area contributed by atoms with Gasteiger partial charge in [0.25, 0.3) is 0 Å². The van der Waals surface area contributed by atoms with Crippen molar-refractivity contribution >= 4 is 91.9 Å². The molecule has 0 saturated carbocycles. The molecule has 14 aromatic rings. The van der Waals surface area contributed by atoms with Gasteiger partial charge in [0.05, 0.1) is 26.8 Å². The van der Waals surface area contributed by atoms with E-state index in [0.29, 0.717) is 0 Å². The van der Waals surface area contributed by atoms with Crippen LogP contribution in [0.4, 0.5) is 17.1 Å². The summed E-state index contributed by atoms with van der Waals surface area (Å²) in [5.41, 5.74) is 20.7. The van der Waals surface area contributed by atoms with Crippen molar-refractivity contribution in [1.82, 2.24) is 4.57 Å². The topological polar surface area (TPSA) is 8.17 Å². The maximum atomic E-state index is 2.55. The summed E-state index contributed by atoms with van der Waals surface area (Å²) >= 11 is 1.93. The van der Waals surface area contributed by atoms with E-state index in [0.717, 1.165) is 17.1 Å². The van der Waals surface area contributed by atoms with Crippen molar-refractivity contribution in [1.29, 1.82) is 0 Å². The Labute approximate surface area is 426 Å². The van der Waals surface area contributed by atoms with E-state index < -0.39 is 5.41 Å². The zero-order valence-corrected chi connectivity index (χ0v) is 40.8. The zero-order chi connectivity index (χ0) is 47.9. The van der Waals surface area contributed by atoms with E-state index in [1.54, 1.807) is 0 Å². The van der Waals surface area contributed by atoms with Crippen LogP contribution in [-0.4, -0.2) is 4.57 Å². The molecule has 2 aliphatic carbocycles. The Bertz CT molecular complexity index is 4590. The van der Waals surface area contributed by atoms with Gasteiger partial charge in [-0.05, 0) is 151 Å². The van der Waals surface area contributed by atoms with Crippen molar-refractivity contribution in [3.8, 4) is 39.1 Å². The smallest absolute Gasteiger partial charge is 0.0726 e. The number of benzene rings is 12. The van der Waals surface area contributed by atoms with Gasteiger partial charge in [0, 0.05) is 48.7 Å². The molecule has 2 aromatic heterocycles.